The summed E-state index contributed by atoms with van der Waals surface area (Å²) >= 11 is 0. The number of carbonyl (C=O) groups is 1. The molecule has 2 heterocycles. The van der Waals surface area contributed by atoms with E-state index >= 15 is 0 Å². The molecule has 4 nitrogen and oxygen atoms in total. The van der Waals surface area contributed by atoms with Crippen LogP contribution >= 0.6 is 0 Å². The molecule has 4 rings (SSSR count). The van der Waals surface area contributed by atoms with Crippen molar-refractivity contribution in [2.24, 2.45) is 7.05 Å². The van der Waals surface area contributed by atoms with E-state index < -0.39 is 0 Å². The third-order valence-electron chi connectivity index (χ3n) is 5.36. The van der Waals surface area contributed by atoms with Crippen LogP contribution in [0.15, 0.2) is 85.3 Å². The fraction of sp³-hybridized carbons (Fsp3) is 0.200. The van der Waals surface area contributed by atoms with E-state index in [4.69, 9.17) is 0 Å². The summed E-state index contributed by atoms with van der Waals surface area (Å²) in [7, 11) is 2.06. The van der Waals surface area contributed by atoms with Crippen molar-refractivity contribution in [1.82, 2.24) is 14.9 Å². The number of aryl methyl sites for hydroxylation is 1. The Morgan fingerprint density at radius 2 is 1.69 bits per heavy atom. The molecule has 0 spiro atoms. The quantitative estimate of drug-likeness (QED) is 0.507. The van der Waals surface area contributed by atoms with Crippen LogP contribution in [0.4, 0.5) is 0 Å². The Morgan fingerprint density at radius 3 is 2.48 bits per heavy atom. The molecule has 1 amide bonds. The van der Waals surface area contributed by atoms with Crippen LogP contribution in [0.5, 0.6) is 0 Å². The number of nitrogens with zero attached hydrogens (tertiary/aromatic N) is 2. The van der Waals surface area contributed by atoms with Crippen molar-refractivity contribution >= 4 is 16.8 Å². The lowest BCUT2D eigenvalue weighted by Crippen LogP contribution is -2.25. The zero-order valence-electron chi connectivity index (χ0n) is 16.6. The number of para-hydroxylation sites is 1. The molecule has 1 atom stereocenters. The summed E-state index contributed by atoms with van der Waals surface area (Å²) in [5.74, 6) is 0.177. The van der Waals surface area contributed by atoms with Gasteiger partial charge in [0.2, 0.25) is 5.91 Å². The Bertz CT molecular complexity index is 1090. The van der Waals surface area contributed by atoms with Crippen LogP contribution in [0, 0.1) is 0 Å². The normalized spacial score (nSPS) is 12.0. The maximum atomic E-state index is 12.8. The SMILES string of the molecule is Cn1cc(C(CC(=O)NCc2ccncc2)Cc2ccccc2)c2ccccc21. The average molecular weight is 383 g/mol. The molecule has 2 aromatic heterocycles. The Morgan fingerprint density at radius 1 is 0.966 bits per heavy atom. The number of amides is 1. The molecule has 0 fully saturated rings. The van der Waals surface area contributed by atoms with Gasteiger partial charge < -0.3 is 9.88 Å². The maximum Gasteiger partial charge on any atom is 0.220 e. The van der Waals surface area contributed by atoms with Crippen molar-refractivity contribution < 1.29 is 4.79 Å². The van der Waals surface area contributed by atoms with Crippen molar-refractivity contribution in [2.45, 2.75) is 25.3 Å². The van der Waals surface area contributed by atoms with Crippen molar-refractivity contribution in [3.63, 3.8) is 0 Å². The minimum atomic E-state index is 0.0654. The van der Waals surface area contributed by atoms with E-state index in [1.807, 2.05) is 18.2 Å². The molecular formula is C25H25N3O. The molecule has 0 radical (unpaired) electrons. The zero-order valence-corrected chi connectivity index (χ0v) is 16.6. The number of hydrogen-bond donors (Lipinski definition) is 1. The molecule has 0 bridgehead atoms. The largest absolute Gasteiger partial charge is 0.352 e. The van der Waals surface area contributed by atoms with Crippen LogP contribution in [-0.4, -0.2) is 15.5 Å². The summed E-state index contributed by atoms with van der Waals surface area (Å²) in [6, 6.07) is 22.6. The Kier molecular flexibility index (Phi) is 5.71. The highest BCUT2D eigenvalue weighted by Crippen LogP contribution is 2.32. The van der Waals surface area contributed by atoms with Crippen LogP contribution < -0.4 is 5.32 Å². The van der Waals surface area contributed by atoms with E-state index in [1.54, 1.807) is 12.4 Å². The van der Waals surface area contributed by atoms with Gasteiger partial charge in [-0.05, 0) is 47.2 Å². The molecule has 0 aliphatic rings. The van der Waals surface area contributed by atoms with Gasteiger partial charge in [0.15, 0.2) is 0 Å². The Labute approximate surface area is 171 Å². The van der Waals surface area contributed by atoms with Gasteiger partial charge in [-0.15, -0.1) is 0 Å². The van der Waals surface area contributed by atoms with E-state index in [0.717, 1.165) is 12.0 Å². The van der Waals surface area contributed by atoms with Crippen molar-refractivity contribution in [3.05, 3.63) is 102 Å². The predicted octanol–water partition coefficient (Wildman–Crippen LogP) is 4.61. The molecule has 1 N–H and O–H groups in total. The van der Waals surface area contributed by atoms with E-state index in [1.165, 1.54) is 22.0 Å². The fourth-order valence-electron chi connectivity index (χ4n) is 3.89. The van der Waals surface area contributed by atoms with Gasteiger partial charge in [0.1, 0.15) is 0 Å². The van der Waals surface area contributed by atoms with Gasteiger partial charge in [-0.3, -0.25) is 9.78 Å². The molecule has 4 aromatic rings. The Hall–Kier alpha value is -3.40. The lowest BCUT2D eigenvalue weighted by molar-refractivity contribution is -0.121. The van der Waals surface area contributed by atoms with Crippen LogP contribution in [0.1, 0.15) is 29.0 Å². The first-order valence-corrected chi connectivity index (χ1v) is 9.94. The van der Waals surface area contributed by atoms with Crippen molar-refractivity contribution in [1.29, 1.82) is 0 Å². The standard InChI is InChI=1S/C25H25N3O/c1-28-18-23(22-9-5-6-10-24(22)28)21(15-19-7-3-2-4-8-19)16-25(29)27-17-20-11-13-26-14-12-20/h2-14,18,21H,15-17H2,1H3,(H,27,29). The van der Waals surface area contributed by atoms with Gasteiger partial charge in [0, 0.05) is 49.5 Å². The summed E-state index contributed by atoms with van der Waals surface area (Å²) in [6.07, 6.45) is 6.95. The second kappa shape index (κ2) is 8.74. The lowest BCUT2D eigenvalue weighted by Gasteiger charge is -2.17. The van der Waals surface area contributed by atoms with Crippen LogP contribution in [-0.2, 0) is 24.8 Å². The smallest absolute Gasteiger partial charge is 0.220 e. The first-order chi connectivity index (χ1) is 14.2. The van der Waals surface area contributed by atoms with Gasteiger partial charge in [-0.1, -0.05) is 48.5 Å². The maximum absolute atomic E-state index is 12.8. The van der Waals surface area contributed by atoms with E-state index in [-0.39, 0.29) is 11.8 Å². The third kappa shape index (κ3) is 4.54. The van der Waals surface area contributed by atoms with Gasteiger partial charge >= 0.3 is 0 Å². The van der Waals surface area contributed by atoms with E-state index in [9.17, 15) is 4.79 Å². The summed E-state index contributed by atoms with van der Waals surface area (Å²) < 4.78 is 2.15. The molecule has 2 aromatic carbocycles. The zero-order chi connectivity index (χ0) is 20.1. The fourth-order valence-corrected chi connectivity index (χ4v) is 3.89. The summed E-state index contributed by atoms with van der Waals surface area (Å²) in [5.41, 5.74) is 4.72. The summed E-state index contributed by atoms with van der Waals surface area (Å²) in [4.78, 5) is 16.8. The van der Waals surface area contributed by atoms with Crippen molar-refractivity contribution in [2.75, 3.05) is 0 Å². The molecule has 4 heteroatoms. The number of hydrogen-bond acceptors (Lipinski definition) is 2. The van der Waals surface area contributed by atoms with E-state index in [0.29, 0.717) is 13.0 Å². The molecule has 29 heavy (non-hydrogen) atoms. The molecule has 146 valence electrons. The monoisotopic (exact) mass is 383 g/mol. The first kappa shape index (κ1) is 18.9. The van der Waals surface area contributed by atoms with E-state index in [2.05, 4.69) is 76.6 Å². The van der Waals surface area contributed by atoms with Gasteiger partial charge in [-0.25, -0.2) is 0 Å². The molecule has 0 aliphatic carbocycles. The summed E-state index contributed by atoms with van der Waals surface area (Å²) in [6.45, 7) is 0.523. The first-order valence-electron chi connectivity index (χ1n) is 9.94. The average Bonchev–Trinajstić information content (AvgIpc) is 3.10. The number of aromatic nitrogens is 2. The van der Waals surface area contributed by atoms with Gasteiger partial charge in [0.25, 0.3) is 0 Å². The molecule has 0 aliphatic heterocycles. The van der Waals surface area contributed by atoms with Crippen LogP contribution in [0.2, 0.25) is 0 Å². The lowest BCUT2D eigenvalue weighted by atomic mass is 9.88. The highest BCUT2D eigenvalue weighted by atomic mass is 16.1. The van der Waals surface area contributed by atoms with Gasteiger partial charge in [-0.2, -0.15) is 0 Å². The number of benzene rings is 2. The number of pyridine rings is 1. The number of rotatable bonds is 7. The highest BCUT2D eigenvalue weighted by molar-refractivity contribution is 5.86. The number of carbonyl (C=O) groups excluding carboxylic acids is 1. The second-order valence-corrected chi connectivity index (χ2v) is 7.44. The van der Waals surface area contributed by atoms with Crippen LogP contribution in [0.25, 0.3) is 10.9 Å². The molecule has 0 saturated carbocycles. The van der Waals surface area contributed by atoms with Gasteiger partial charge in [0.05, 0.1) is 0 Å². The minimum absolute atomic E-state index is 0.0654. The van der Waals surface area contributed by atoms with Crippen molar-refractivity contribution in [3.8, 4) is 0 Å². The topological polar surface area (TPSA) is 46.9 Å². The minimum Gasteiger partial charge on any atom is -0.352 e. The molecule has 0 saturated heterocycles. The molecule has 1 unspecified atom stereocenters. The molecular weight excluding hydrogens is 358 g/mol. The predicted molar refractivity (Wildman–Crippen MR) is 117 cm³/mol. The Balaban J connectivity index is 1.57. The van der Waals surface area contributed by atoms with Crippen LogP contribution in [0.3, 0.4) is 0 Å². The third-order valence-corrected chi connectivity index (χ3v) is 5.36. The number of fused-ring (bicyclic) bond motifs is 1. The number of nitrogens with one attached hydrogen (secondary N) is 1. The second-order valence-electron chi connectivity index (χ2n) is 7.44. The summed E-state index contributed by atoms with van der Waals surface area (Å²) in [5, 5.41) is 4.29. The highest BCUT2D eigenvalue weighted by Gasteiger charge is 2.21.